The summed E-state index contributed by atoms with van der Waals surface area (Å²) in [4.78, 5) is 12.4. The molecule has 0 unspecified atom stereocenters. The topological polar surface area (TPSA) is 62.1 Å². The van der Waals surface area contributed by atoms with Gasteiger partial charge in [0, 0.05) is 26.3 Å². The maximum atomic E-state index is 12.4. The zero-order chi connectivity index (χ0) is 22.4. The van der Waals surface area contributed by atoms with Gasteiger partial charge < -0.3 is 10.1 Å². The SMILES string of the molecule is N#C/C(=C/c1ccc(OCc2ccc(Cl)cc2Cl)c(Br)c1)C(=O)Nc1ccc(Cl)cc1. The summed E-state index contributed by atoms with van der Waals surface area (Å²) in [5, 5.41) is 13.7. The van der Waals surface area contributed by atoms with Crippen LogP contribution in [0.4, 0.5) is 5.69 Å². The summed E-state index contributed by atoms with van der Waals surface area (Å²) in [5.74, 6) is 0.0749. The number of nitrogens with one attached hydrogen (secondary N) is 1. The Morgan fingerprint density at radius 2 is 1.74 bits per heavy atom. The lowest BCUT2D eigenvalue weighted by Gasteiger charge is -2.10. The Morgan fingerprint density at radius 3 is 2.39 bits per heavy atom. The van der Waals surface area contributed by atoms with Gasteiger partial charge >= 0.3 is 0 Å². The van der Waals surface area contributed by atoms with Gasteiger partial charge in [-0.2, -0.15) is 5.26 Å². The van der Waals surface area contributed by atoms with Crippen LogP contribution in [0.3, 0.4) is 0 Å². The van der Waals surface area contributed by atoms with E-state index in [-0.39, 0.29) is 12.2 Å². The minimum atomic E-state index is -0.515. The van der Waals surface area contributed by atoms with E-state index in [2.05, 4.69) is 21.2 Å². The number of hydrogen-bond donors (Lipinski definition) is 1. The number of hydrogen-bond acceptors (Lipinski definition) is 3. The fourth-order valence-electron chi connectivity index (χ4n) is 2.57. The summed E-state index contributed by atoms with van der Waals surface area (Å²) in [6, 6.07) is 19.0. The van der Waals surface area contributed by atoms with Crippen LogP contribution in [-0.2, 0) is 11.4 Å². The van der Waals surface area contributed by atoms with E-state index in [0.29, 0.717) is 36.5 Å². The molecule has 156 valence electrons. The fraction of sp³-hybridized carbons (Fsp3) is 0.0435. The van der Waals surface area contributed by atoms with E-state index < -0.39 is 5.91 Å². The molecule has 0 fully saturated rings. The van der Waals surface area contributed by atoms with Crippen LogP contribution in [0, 0.1) is 11.3 Å². The average Bonchev–Trinajstić information content (AvgIpc) is 2.74. The molecule has 1 N–H and O–H groups in total. The number of nitrogens with zero attached hydrogens (tertiary/aromatic N) is 1. The van der Waals surface area contributed by atoms with Gasteiger partial charge in [-0.25, -0.2) is 0 Å². The molecule has 0 radical (unpaired) electrons. The number of nitriles is 1. The summed E-state index contributed by atoms with van der Waals surface area (Å²) in [5.41, 5.74) is 1.96. The highest BCUT2D eigenvalue weighted by Crippen LogP contribution is 2.29. The van der Waals surface area contributed by atoms with E-state index >= 15 is 0 Å². The third-order valence-electron chi connectivity index (χ3n) is 4.13. The number of rotatable bonds is 6. The van der Waals surface area contributed by atoms with E-state index in [1.54, 1.807) is 60.7 Å². The summed E-state index contributed by atoms with van der Waals surface area (Å²) in [7, 11) is 0. The van der Waals surface area contributed by atoms with Crippen LogP contribution in [0.15, 0.2) is 70.7 Å². The first-order chi connectivity index (χ1) is 14.9. The van der Waals surface area contributed by atoms with Gasteiger partial charge in [0.05, 0.1) is 4.47 Å². The van der Waals surface area contributed by atoms with E-state index in [4.69, 9.17) is 39.5 Å². The van der Waals surface area contributed by atoms with Crippen LogP contribution < -0.4 is 10.1 Å². The number of anilines is 1. The molecule has 0 saturated heterocycles. The second kappa shape index (κ2) is 10.7. The van der Waals surface area contributed by atoms with Crippen molar-refractivity contribution in [3.8, 4) is 11.8 Å². The second-order valence-corrected chi connectivity index (χ2v) is 8.48. The minimum Gasteiger partial charge on any atom is -0.488 e. The summed E-state index contributed by atoms with van der Waals surface area (Å²) >= 11 is 21.4. The van der Waals surface area contributed by atoms with E-state index in [9.17, 15) is 10.1 Å². The van der Waals surface area contributed by atoms with Crippen molar-refractivity contribution < 1.29 is 9.53 Å². The molecule has 1 amide bonds. The highest BCUT2D eigenvalue weighted by Gasteiger charge is 2.11. The van der Waals surface area contributed by atoms with Crippen LogP contribution in [0.5, 0.6) is 5.75 Å². The molecule has 0 aromatic heterocycles. The zero-order valence-electron chi connectivity index (χ0n) is 15.8. The molecule has 0 aliphatic heterocycles. The van der Waals surface area contributed by atoms with E-state index in [1.165, 1.54) is 6.08 Å². The summed E-state index contributed by atoms with van der Waals surface area (Å²) in [6.07, 6.45) is 1.50. The van der Waals surface area contributed by atoms with Crippen molar-refractivity contribution in [2.24, 2.45) is 0 Å². The Bertz CT molecular complexity index is 1190. The first-order valence-electron chi connectivity index (χ1n) is 8.90. The van der Waals surface area contributed by atoms with Crippen LogP contribution in [0.2, 0.25) is 15.1 Å². The molecule has 3 aromatic carbocycles. The largest absolute Gasteiger partial charge is 0.488 e. The first-order valence-corrected chi connectivity index (χ1v) is 10.8. The molecular weight excluding hydrogens is 523 g/mol. The van der Waals surface area contributed by atoms with Crippen molar-refractivity contribution >= 4 is 68.4 Å². The van der Waals surface area contributed by atoms with Gasteiger partial charge in [-0.05, 0) is 76.1 Å². The quantitative estimate of drug-likeness (QED) is 0.262. The maximum absolute atomic E-state index is 12.4. The summed E-state index contributed by atoms with van der Waals surface area (Å²) < 4.78 is 6.48. The zero-order valence-corrected chi connectivity index (χ0v) is 19.7. The number of carbonyl (C=O) groups is 1. The number of halogens is 4. The predicted molar refractivity (Wildman–Crippen MR) is 129 cm³/mol. The highest BCUT2D eigenvalue weighted by molar-refractivity contribution is 9.10. The average molecular weight is 537 g/mol. The predicted octanol–water partition coefficient (Wildman–Crippen LogP) is 7.53. The van der Waals surface area contributed by atoms with Crippen LogP contribution in [0.1, 0.15) is 11.1 Å². The van der Waals surface area contributed by atoms with Gasteiger partial charge in [-0.1, -0.05) is 46.9 Å². The number of amides is 1. The Morgan fingerprint density at radius 1 is 1.03 bits per heavy atom. The molecule has 31 heavy (non-hydrogen) atoms. The van der Waals surface area contributed by atoms with Gasteiger partial charge in [-0.3, -0.25) is 4.79 Å². The highest BCUT2D eigenvalue weighted by atomic mass is 79.9. The van der Waals surface area contributed by atoms with Gasteiger partial charge in [0.1, 0.15) is 24.0 Å². The number of benzene rings is 3. The Hall–Kier alpha value is -2.49. The third-order valence-corrected chi connectivity index (χ3v) is 5.59. The molecule has 0 aliphatic carbocycles. The van der Waals surface area contributed by atoms with Crippen molar-refractivity contribution in [3.05, 3.63) is 96.9 Å². The van der Waals surface area contributed by atoms with Gasteiger partial charge in [-0.15, -0.1) is 0 Å². The fourth-order valence-corrected chi connectivity index (χ4v) is 3.67. The molecule has 0 heterocycles. The Labute approximate surface area is 203 Å². The van der Waals surface area contributed by atoms with Gasteiger partial charge in [0.15, 0.2) is 0 Å². The molecule has 0 atom stereocenters. The van der Waals surface area contributed by atoms with E-state index in [1.807, 2.05) is 6.07 Å². The molecule has 0 saturated carbocycles. The van der Waals surface area contributed by atoms with Crippen molar-refractivity contribution in [2.45, 2.75) is 6.61 Å². The third kappa shape index (κ3) is 6.49. The van der Waals surface area contributed by atoms with Crippen LogP contribution in [0.25, 0.3) is 6.08 Å². The molecule has 0 spiro atoms. The Kier molecular flexibility index (Phi) is 8.00. The van der Waals surface area contributed by atoms with E-state index in [0.717, 1.165) is 5.56 Å². The van der Waals surface area contributed by atoms with Crippen LogP contribution in [-0.4, -0.2) is 5.91 Å². The molecular formula is C23H14BrCl3N2O2. The lowest BCUT2D eigenvalue weighted by Crippen LogP contribution is -2.13. The van der Waals surface area contributed by atoms with Crippen molar-refractivity contribution in [2.75, 3.05) is 5.32 Å². The first kappa shape index (κ1) is 23.2. The normalized spacial score (nSPS) is 11.0. The molecule has 3 aromatic rings. The minimum absolute atomic E-state index is 0.0385. The lowest BCUT2D eigenvalue weighted by atomic mass is 10.1. The lowest BCUT2D eigenvalue weighted by molar-refractivity contribution is -0.112. The summed E-state index contributed by atoms with van der Waals surface area (Å²) in [6.45, 7) is 0.261. The van der Waals surface area contributed by atoms with Crippen molar-refractivity contribution in [1.29, 1.82) is 5.26 Å². The van der Waals surface area contributed by atoms with Gasteiger partial charge in [0.25, 0.3) is 5.91 Å². The molecule has 0 bridgehead atoms. The monoisotopic (exact) mass is 534 g/mol. The maximum Gasteiger partial charge on any atom is 0.266 e. The number of carbonyl (C=O) groups excluding carboxylic acids is 1. The second-order valence-electron chi connectivity index (χ2n) is 6.35. The molecule has 8 heteroatoms. The van der Waals surface area contributed by atoms with Crippen LogP contribution >= 0.6 is 50.7 Å². The smallest absolute Gasteiger partial charge is 0.266 e. The van der Waals surface area contributed by atoms with Crippen molar-refractivity contribution in [3.63, 3.8) is 0 Å². The molecule has 0 aliphatic rings. The van der Waals surface area contributed by atoms with Gasteiger partial charge in [0.2, 0.25) is 0 Å². The standard InChI is InChI=1S/C23H14BrCl3N2O2/c24-20-10-14(1-8-22(20)31-13-15-2-3-18(26)11-21(15)27)9-16(12-28)23(30)29-19-6-4-17(25)5-7-19/h1-11H,13H2,(H,29,30)/b16-9-. The number of ether oxygens (including phenoxy) is 1. The van der Waals surface area contributed by atoms with Crippen molar-refractivity contribution in [1.82, 2.24) is 0 Å². The molecule has 4 nitrogen and oxygen atoms in total. The molecule has 3 rings (SSSR count). The Balaban J connectivity index is 1.71.